The lowest BCUT2D eigenvalue weighted by Gasteiger charge is -2.28. The minimum absolute atomic E-state index is 0.0570. The summed E-state index contributed by atoms with van der Waals surface area (Å²) in [4.78, 5) is 0.172. The molecule has 1 fully saturated rings. The molecule has 7 heteroatoms. The molecule has 1 aliphatic heterocycles. The van der Waals surface area contributed by atoms with Gasteiger partial charge >= 0.3 is 0 Å². The van der Waals surface area contributed by atoms with E-state index in [0.29, 0.717) is 5.02 Å². The Hall–Kier alpha value is -1.13. The summed E-state index contributed by atoms with van der Waals surface area (Å²) in [6, 6.07) is 7.87. The third-order valence-electron chi connectivity index (χ3n) is 2.62. The predicted molar refractivity (Wildman–Crippen MR) is 65.6 cm³/mol. The summed E-state index contributed by atoms with van der Waals surface area (Å²) in [6.07, 6.45) is -0.708. The molecule has 5 nitrogen and oxygen atoms in total. The van der Waals surface area contributed by atoms with E-state index in [-0.39, 0.29) is 24.6 Å². The van der Waals surface area contributed by atoms with Gasteiger partial charge in [0, 0.05) is 11.6 Å². The molecule has 1 unspecified atom stereocenters. The van der Waals surface area contributed by atoms with E-state index >= 15 is 0 Å². The van der Waals surface area contributed by atoms with Crippen molar-refractivity contribution in [2.24, 2.45) is 0 Å². The number of hydrogen-bond donors (Lipinski definition) is 0. The van der Waals surface area contributed by atoms with Gasteiger partial charge < -0.3 is 4.74 Å². The van der Waals surface area contributed by atoms with E-state index in [0.717, 1.165) is 0 Å². The predicted octanol–water partition coefficient (Wildman–Crippen LogP) is 1.25. The molecule has 0 radical (unpaired) electrons. The lowest BCUT2D eigenvalue weighted by Crippen LogP contribution is -2.44. The number of hydrogen-bond acceptors (Lipinski definition) is 4. The molecule has 1 aliphatic rings. The van der Waals surface area contributed by atoms with Gasteiger partial charge in [-0.1, -0.05) is 11.6 Å². The summed E-state index contributed by atoms with van der Waals surface area (Å²) in [5.41, 5.74) is 0. The van der Waals surface area contributed by atoms with E-state index in [1.54, 1.807) is 0 Å². The first kappa shape index (κ1) is 13.3. The lowest BCUT2D eigenvalue weighted by atomic mass is 10.3. The van der Waals surface area contributed by atoms with Crippen LogP contribution in [0.3, 0.4) is 0 Å². The quantitative estimate of drug-likeness (QED) is 0.820. The van der Waals surface area contributed by atoms with Gasteiger partial charge in [-0.05, 0) is 24.3 Å². The van der Waals surface area contributed by atoms with Crippen molar-refractivity contribution in [2.45, 2.75) is 11.0 Å². The average molecular weight is 287 g/mol. The number of nitrogens with zero attached hydrogens (tertiary/aromatic N) is 2. The summed E-state index contributed by atoms with van der Waals surface area (Å²) in [6.45, 7) is 0.537. The van der Waals surface area contributed by atoms with Gasteiger partial charge in [0.1, 0.15) is 0 Å². The topological polar surface area (TPSA) is 70.4 Å². The molecule has 0 aliphatic carbocycles. The van der Waals surface area contributed by atoms with Crippen molar-refractivity contribution < 1.29 is 13.2 Å². The molecule has 1 saturated heterocycles. The number of ether oxygens (including phenoxy) is 1. The Balaban J connectivity index is 2.26. The Morgan fingerprint density at radius 2 is 2.06 bits per heavy atom. The van der Waals surface area contributed by atoms with E-state index in [2.05, 4.69) is 0 Å². The fraction of sp³-hybridized carbons (Fsp3) is 0.364. The van der Waals surface area contributed by atoms with Gasteiger partial charge in [-0.3, -0.25) is 0 Å². The molecule has 0 amide bonds. The van der Waals surface area contributed by atoms with E-state index in [1.165, 1.54) is 28.6 Å². The standard InChI is InChI=1S/C11H11ClN2O3S/c12-9-1-3-11(4-2-9)18(15,16)14-5-6-17-10(7-13)8-14/h1-4,10H,5-6,8H2. The number of morpholine rings is 1. The van der Waals surface area contributed by atoms with Gasteiger partial charge in [-0.15, -0.1) is 0 Å². The van der Waals surface area contributed by atoms with Crippen LogP contribution in [0.4, 0.5) is 0 Å². The first-order valence-electron chi connectivity index (χ1n) is 5.31. The van der Waals surface area contributed by atoms with Crippen LogP contribution in [-0.2, 0) is 14.8 Å². The summed E-state index contributed by atoms with van der Waals surface area (Å²) in [5, 5.41) is 9.25. The first-order valence-corrected chi connectivity index (χ1v) is 7.13. The first-order chi connectivity index (χ1) is 8.54. The third kappa shape index (κ3) is 2.65. The zero-order chi connectivity index (χ0) is 13.2. The van der Waals surface area contributed by atoms with Crippen molar-refractivity contribution >= 4 is 21.6 Å². The maximum atomic E-state index is 12.3. The molecule has 0 spiro atoms. The highest BCUT2D eigenvalue weighted by atomic mass is 35.5. The smallest absolute Gasteiger partial charge is 0.243 e. The van der Waals surface area contributed by atoms with Crippen molar-refractivity contribution in [1.82, 2.24) is 4.31 Å². The molecule has 0 saturated carbocycles. The lowest BCUT2D eigenvalue weighted by molar-refractivity contribution is 0.0311. The van der Waals surface area contributed by atoms with Crippen LogP contribution in [0.5, 0.6) is 0 Å². The van der Waals surface area contributed by atoms with Crippen molar-refractivity contribution in [1.29, 1.82) is 5.26 Å². The number of rotatable bonds is 2. The second-order valence-corrected chi connectivity index (χ2v) is 6.18. The van der Waals surface area contributed by atoms with E-state index < -0.39 is 16.1 Å². The highest BCUT2D eigenvalue weighted by Crippen LogP contribution is 2.20. The average Bonchev–Trinajstić information content (AvgIpc) is 2.39. The summed E-state index contributed by atoms with van der Waals surface area (Å²) in [5.74, 6) is 0. The molecule has 1 aromatic carbocycles. The van der Waals surface area contributed by atoms with E-state index in [1.807, 2.05) is 6.07 Å². The SMILES string of the molecule is N#CC1CN(S(=O)(=O)c2ccc(Cl)cc2)CCO1. The van der Waals surface area contributed by atoms with Crippen molar-refractivity contribution in [3.05, 3.63) is 29.3 Å². The Bertz CT molecular complexity index is 565. The Kier molecular flexibility index (Phi) is 3.88. The van der Waals surface area contributed by atoms with E-state index in [4.69, 9.17) is 21.6 Å². The van der Waals surface area contributed by atoms with Gasteiger partial charge in [0.05, 0.1) is 24.1 Å². The second-order valence-electron chi connectivity index (χ2n) is 3.81. The van der Waals surface area contributed by atoms with Crippen LogP contribution in [0.1, 0.15) is 0 Å². The molecule has 1 atom stereocenters. The molecule has 1 heterocycles. The number of benzene rings is 1. The second kappa shape index (κ2) is 5.24. The largest absolute Gasteiger partial charge is 0.361 e. The van der Waals surface area contributed by atoms with Crippen LogP contribution in [0, 0.1) is 11.3 Å². The summed E-state index contributed by atoms with van der Waals surface area (Å²) < 4.78 is 30.9. The van der Waals surface area contributed by atoms with Gasteiger partial charge in [0.25, 0.3) is 0 Å². The van der Waals surface area contributed by atoms with Crippen molar-refractivity contribution in [2.75, 3.05) is 19.7 Å². The van der Waals surface area contributed by atoms with Crippen LogP contribution in [-0.4, -0.2) is 38.5 Å². The molecular weight excluding hydrogens is 276 g/mol. The summed E-state index contributed by atoms with van der Waals surface area (Å²) >= 11 is 5.72. The van der Waals surface area contributed by atoms with Gasteiger partial charge in [0.15, 0.2) is 6.10 Å². The zero-order valence-electron chi connectivity index (χ0n) is 9.41. The Labute approximate surface area is 111 Å². The third-order valence-corrected chi connectivity index (χ3v) is 4.76. The normalized spacial score (nSPS) is 21.4. The molecular formula is C11H11ClN2O3S. The molecule has 2 rings (SSSR count). The molecule has 0 N–H and O–H groups in total. The molecule has 96 valence electrons. The van der Waals surface area contributed by atoms with Crippen molar-refractivity contribution in [3.8, 4) is 6.07 Å². The van der Waals surface area contributed by atoms with Crippen LogP contribution in [0.25, 0.3) is 0 Å². The van der Waals surface area contributed by atoms with Crippen LogP contribution >= 0.6 is 11.6 Å². The van der Waals surface area contributed by atoms with Crippen LogP contribution in [0.15, 0.2) is 29.2 Å². The Morgan fingerprint density at radius 1 is 1.39 bits per heavy atom. The molecule has 0 aromatic heterocycles. The maximum absolute atomic E-state index is 12.3. The fourth-order valence-electron chi connectivity index (χ4n) is 1.68. The van der Waals surface area contributed by atoms with Gasteiger partial charge in [-0.2, -0.15) is 9.57 Å². The summed E-state index contributed by atoms with van der Waals surface area (Å²) in [7, 11) is -3.58. The van der Waals surface area contributed by atoms with Gasteiger partial charge in [-0.25, -0.2) is 8.42 Å². The number of nitriles is 1. The fourth-order valence-corrected chi connectivity index (χ4v) is 3.23. The number of halogens is 1. The minimum atomic E-state index is -3.58. The minimum Gasteiger partial charge on any atom is -0.361 e. The van der Waals surface area contributed by atoms with Crippen LogP contribution < -0.4 is 0 Å². The zero-order valence-corrected chi connectivity index (χ0v) is 11.0. The molecule has 0 bridgehead atoms. The monoisotopic (exact) mass is 286 g/mol. The highest BCUT2D eigenvalue weighted by molar-refractivity contribution is 7.89. The maximum Gasteiger partial charge on any atom is 0.243 e. The van der Waals surface area contributed by atoms with E-state index in [9.17, 15) is 8.42 Å². The van der Waals surface area contributed by atoms with Crippen molar-refractivity contribution in [3.63, 3.8) is 0 Å². The molecule has 18 heavy (non-hydrogen) atoms. The Morgan fingerprint density at radius 3 is 2.67 bits per heavy atom. The highest BCUT2D eigenvalue weighted by Gasteiger charge is 2.30. The number of sulfonamides is 1. The molecule has 1 aromatic rings. The van der Waals surface area contributed by atoms with Gasteiger partial charge in [0.2, 0.25) is 10.0 Å². The van der Waals surface area contributed by atoms with Crippen LogP contribution in [0.2, 0.25) is 5.02 Å².